The van der Waals surface area contributed by atoms with Gasteiger partial charge in [0, 0.05) is 12.1 Å². The lowest BCUT2D eigenvalue weighted by atomic mass is 10.1. The molecule has 116 valence electrons. The van der Waals surface area contributed by atoms with Crippen LogP contribution in [0.15, 0.2) is 65.1 Å². The van der Waals surface area contributed by atoms with Gasteiger partial charge in [-0.1, -0.05) is 48.5 Å². The lowest BCUT2D eigenvalue weighted by Crippen LogP contribution is -2.26. The predicted molar refractivity (Wildman–Crippen MR) is 89.2 cm³/mol. The minimum Gasteiger partial charge on any atom is -0.441 e. The third-order valence-corrected chi connectivity index (χ3v) is 3.57. The minimum absolute atomic E-state index is 0.204. The average Bonchev–Trinajstić information content (AvgIpc) is 2.98. The number of carbonyl (C=O) groups is 1. The first-order valence-electron chi connectivity index (χ1n) is 7.59. The minimum atomic E-state index is -0.204. The van der Waals surface area contributed by atoms with Crippen molar-refractivity contribution in [1.29, 1.82) is 0 Å². The van der Waals surface area contributed by atoms with Gasteiger partial charge in [0.05, 0.1) is 0 Å². The van der Waals surface area contributed by atoms with Gasteiger partial charge in [-0.25, -0.2) is 4.98 Å². The monoisotopic (exact) mass is 306 g/mol. The maximum Gasteiger partial charge on any atom is 0.273 e. The number of aromatic nitrogens is 1. The van der Waals surface area contributed by atoms with Crippen molar-refractivity contribution in [3.63, 3.8) is 0 Å². The molecule has 0 saturated heterocycles. The number of carbonyl (C=O) groups excluding carboxylic acids is 1. The molecule has 0 aliphatic heterocycles. The van der Waals surface area contributed by atoms with Crippen LogP contribution in [0, 0.1) is 6.92 Å². The molecule has 0 saturated carbocycles. The Bertz CT molecular complexity index is 780. The second-order valence-corrected chi connectivity index (χ2v) is 5.28. The van der Waals surface area contributed by atoms with E-state index in [9.17, 15) is 4.79 Å². The van der Waals surface area contributed by atoms with Crippen LogP contribution in [0.4, 0.5) is 0 Å². The Balaban J connectivity index is 1.65. The maximum absolute atomic E-state index is 12.3. The summed E-state index contributed by atoms with van der Waals surface area (Å²) in [5.74, 6) is 0.793. The van der Waals surface area contributed by atoms with E-state index in [1.165, 1.54) is 5.56 Å². The molecule has 0 atom stereocenters. The molecule has 1 aromatic heterocycles. The van der Waals surface area contributed by atoms with E-state index in [1.807, 2.05) is 60.7 Å². The highest BCUT2D eigenvalue weighted by atomic mass is 16.4. The molecule has 0 aliphatic rings. The molecule has 4 nitrogen and oxygen atoms in total. The largest absolute Gasteiger partial charge is 0.441 e. The molecular weight excluding hydrogens is 288 g/mol. The molecule has 1 heterocycles. The summed E-state index contributed by atoms with van der Waals surface area (Å²) in [6, 6.07) is 19.6. The number of nitrogens with one attached hydrogen (secondary N) is 1. The molecule has 23 heavy (non-hydrogen) atoms. The summed E-state index contributed by atoms with van der Waals surface area (Å²) in [5, 5.41) is 2.89. The van der Waals surface area contributed by atoms with Crippen LogP contribution in [0.2, 0.25) is 0 Å². The van der Waals surface area contributed by atoms with E-state index in [1.54, 1.807) is 6.92 Å². The van der Waals surface area contributed by atoms with E-state index in [-0.39, 0.29) is 5.91 Å². The standard InChI is InChI=1S/C19H18N2O2/c1-14-17(21-19(23-14)16-10-6-3-7-11-16)18(22)20-13-12-15-8-4-2-5-9-15/h2-11H,12-13H2,1H3,(H,20,22). The van der Waals surface area contributed by atoms with Crippen molar-refractivity contribution in [2.45, 2.75) is 13.3 Å². The molecule has 4 heteroatoms. The number of amides is 1. The number of hydrogen-bond donors (Lipinski definition) is 1. The zero-order valence-corrected chi connectivity index (χ0v) is 13.0. The fourth-order valence-electron chi connectivity index (χ4n) is 2.36. The highest BCUT2D eigenvalue weighted by molar-refractivity contribution is 5.93. The van der Waals surface area contributed by atoms with Crippen LogP contribution < -0.4 is 5.32 Å². The van der Waals surface area contributed by atoms with Gasteiger partial charge in [0.25, 0.3) is 5.91 Å². The molecule has 3 rings (SSSR count). The topological polar surface area (TPSA) is 55.1 Å². The van der Waals surface area contributed by atoms with Gasteiger partial charge in [-0.05, 0) is 31.0 Å². The molecular formula is C19H18N2O2. The van der Waals surface area contributed by atoms with Gasteiger partial charge >= 0.3 is 0 Å². The number of nitrogens with zero attached hydrogens (tertiary/aromatic N) is 1. The van der Waals surface area contributed by atoms with Gasteiger partial charge in [-0.15, -0.1) is 0 Å². The van der Waals surface area contributed by atoms with Crippen molar-refractivity contribution in [1.82, 2.24) is 10.3 Å². The van der Waals surface area contributed by atoms with Crippen molar-refractivity contribution in [3.8, 4) is 11.5 Å². The summed E-state index contributed by atoms with van der Waals surface area (Å²) >= 11 is 0. The van der Waals surface area contributed by atoms with Gasteiger partial charge in [0.2, 0.25) is 5.89 Å². The van der Waals surface area contributed by atoms with Crippen molar-refractivity contribution in [3.05, 3.63) is 77.7 Å². The summed E-state index contributed by atoms with van der Waals surface area (Å²) in [5.41, 5.74) is 2.39. The summed E-state index contributed by atoms with van der Waals surface area (Å²) in [7, 11) is 0. The Morgan fingerprint density at radius 1 is 1.04 bits per heavy atom. The molecule has 1 amide bonds. The third kappa shape index (κ3) is 3.66. The number of benzene rings is 2. The van der Waals surface area contributed by atoms with Crippen LogP contribution in [0.25, 0.3) is 11.5 Å². The number of aryl methyl sites for hydroxylation is 1. The molecule has 0 unspecified atom stereocenters. The first-order valence-corrected chi connectivity index (χ1v) is 7.59. The second-order valence-electron chi connectivity index (χ2n) is 5.28. The number of hydrogen-bond acceptors (Lipinski definition) is 3. The first kappa shape index (κ1) is 15.0. The lowest BCUT2D eigenvalue weighted by Gasteiger charge is -2.03. The normalized spacial score (nSPS) is 10.5. The maximum atomic E-state index is 12.3. The molecule has 0 bridgehead atoms. The van der Waals surface area contributed by atoms with Crippen molar-refractivity contribution in [2.75, 3.05) is 6.54 Å². The molecule has 2 aromatic carbocycles. The van der Waals surface area contributed by atoms with Crippen LogP contribution >= 0.6 is 0 Å². The van der Waals surface area contributed by atoms with Crippen molar-refractivity contribution in [2.24, 2.45) is 0 Å². The summed E-state index contributed by atoms with van der Waals surface area (Å²) in [6.07, 6.45) is 0.787. The Morgan fingerprint density at radius 2 is 1.70 bits per heavy atom. The molecule has 1 N–H and O–H groups in total. The van der Waals surface area contributed by atoms with Crippen molar-refractivity contribution < 1.29 is 9.21 Å². The average molecular weight is 306 g/mol. The van der Waals surface area contributed by atoms with Crippen LogP contribution in [0.3, 0.4) is 0 Å². The summed E-state index contributed by atoms with van der Waals surface area (Å²) in [4.78, 5) is 16.6. The first-order chi connectivity index (χ1) is 11.2. The van der Waals surface area contributed by atoms with Gasteiger partial charge < -0.3 is 9.73 Å². The lowest BCUT2D eigenvalue weighted by molar-refractivity contribution is 0.0948. The van der Waals surface area contributed by atoms with E-state index < -0.39 is 0 Å². The van der Waals surface area contributed by atoms with Crippen LogP contribution in [0.5, 0.6) is 0 Å². The van der Waals surface area contributed by atoms with Crippen LogP contribution in [-0.4, -0.2) is 17.4 Å². The fourth-order valence-corrected chi connectivity index (χ4v) is 2.36. The van der Waals surface area contributed by atoms with Crippen LogP contribution in [0.1, 0.15) is 21.8 Å². The zero-order chi connectivity index (χ0) is 16.1. The van der Waals surface area contributed by atoms with E-state index in [0.29, 0.717) is 23.9 Å². The fraction of sp³-hybridized carbons (Fsp3) is 0.158. The SMILES string of the molecule is Cc1oc(-c2ccccc2)nc1C(=O)NCCc1ccccc1. The second kappa shape index (κ2) is 6.92. The van der Waals surface area contributed by atoms with E-state index >= 15 is 0 Å². The Hall–Kier alpha value is -2.88. The molecule has 3 aromatic rings. The molecule has 0 spiro atoms. The van der Waals surface area contributed by atoms with Gasteiger partial charge in [0.15, 0.2) is 5.69 Å². The predicted octanol–water partition coefficient (Wildman–Crippen LogP) is 3.62. The Kier molecular flexibility index (Phi) is 4.52. The number of rotatable bonds is 5. The molecule has 0 fully saturated rings. The number of oxazole rings is 1. The van der Waals surface area contributed by atoms with E-state index in [2.05, 4.69) is 10.3 Å². The van der Waals surface area contributed by atoms with Gasteiger partial charge in [-0.2, -0.15) is 0 Å². The Labute approximate surface area is 135 Å². The highest BCUT2D eigenvalue weighted by Gasteiger charge is 2.17. The third-order valence-electron chi connectivity index (χ3n) is 3.57. The molecule has 0 radical (unpaired) electrons. The van der Waals surface area contributed by atoms with Crippen LogP contribution in [-0.2, 0) is 6.42 Å². The van der Waals surface area contributed by atoms with E-state index in [4.69, 9.17) is 4.42 Å². The highest BCUT2D eigenvalue weighted by Crippen LogP contribution is 2.21. The summed E-state index contributed by atoms with van der Waals surface area (Å²) < 4.78 is 5.61. The molecule has 0 aliphatic carbocycles. The van der Waals surface area contributed by atoms with Gasteiger partial charge in [-0.3, -0.25) is 4.79 Å². The van der Waals surface area contributed by atoms with Crippen molar-refractivity contribution >= 4 is 5.91 Å². The van der Waals surface area contributed by atoms with Gasteiger partial charge in [0.1, 0.15) is 5.76 Å². The summed E-state index contributed by atoms with van der Waals surface area (Å²) in [6.45, 7) is 2.32. The smallest absolute Gasteiger partial charge is 0.273 e. The quantitative estimate of drug-likeness (QED) is 0.783. The van der Waals surface area contributed by atoms with E-state index in [0.717, 1.165) is 12.0 Å². The Morgan fingerprint density at radius 3 is 2.39 bits per heavy atom. The zero-order valence-electron chi connectivity index (χ0n) is 13.0.